The van der Waals surface area contributed by atoms with Crippen molar-refractivity contribution in [3.63, 3.8) is 0 Å². The first-order valence-electron chi connectivity index (χ1n) is 8.61. The Bertz CT molecular complexity index is 936. The molecule has 0 bridgehead atoms. The van der Waals surface area contributed by atoms with Gasteiger partial charge in [-0.1, -0.05) is 24.3 Å². The lowest BCUT2D eigenvalue weighted by molar-refractivity contribution is -0.946. The number of quaternary nitrogens is 1. The van der Waals surface area contributed by atoms with Crippen molar-refractivity contribution in [1.82, 2.24) is 10.2 Å². The number of fused-ring (bicyclic) bond motifs is 1. The van der Waals surface area contributed by atoms with Crippen LogP contribution in [0.1, 0.15) is 30.0 Å². The number of nitro benzene ring substituents is 1. The van der Waals surface area contributed by atoms with Gasteiger partial charge in [-0.05, 0) is 24.6 Å². The van der Waals surface area contributed by atoms with Crippen LogP contribution in [0.3, 0.4) is 0 Å². The average Bonchev–Trinajstić information content (AvgIpc) is 3.17. The van der Waals surface area contributed by atoms with Crippen LogP contribution in [-0.2, 0) is 13.0 Å². The molecule has 2 atom stereocenters. The highest BCUT2D eigenvalue weighted by molar-refractivity contribution is 5.55. The number of aromatic nitrogens is 2. The summed E-state index contributed by atoms with van der Waals surface area (Å²) in [7, 11) is 0. The number of non-ortho nitro benzene ring substituents is 1. The predicted molar refractivity (Wildman–Crippen MR) is 94.5 cm³/mol. The molecule has 0 radical (unpaired) electrons. The van der Waals surface area contributed by atoms with Gasteiger partial charge in [-0.3, -0.25) is 10.1 Å². The highest BCUT2D eigenvalue weighted by atomic mass is 16.6. The van der Waals surface area contributed by atoms with E-state index in [1.807, 2.05) is 0 Å². The number of nitro groups is 1. The van der Waals surface area contributed by atoms with Crippen LogP contribution in [0.4, 0.5) is 5.69 Å². The number of rotatable bonds is 4. The van der Waals surface area contributed by atoms with Gasteiger partial charge in [-0.15, -0.1) is 10.2 Å². The maximum atomic E-state index is 10.8. The summed E-state index contributed by atoms with van der Waals surface area (Å²) in [6, 6.07) is 14.8. The molecule has 1 unspecified atom stereocenters. The average molecular weight is 351 g/mol. The van der Waals surface area contributed by atoms with Crippen LogP contribution in [0, 0.1) is 10.1 Å². The summed E-state index contributed by atoms with van der Waals surface area (Å²) >= 11 is 0. The lowest BCUT2D eigenvalue weighted by atomic mass is 9.99. The normalized spacial score (nSPS) is 17.5. The largest absolute Gasteiger partial charge is 0.415 e. The van der Waals surface area contributed by atoms with E-state index in [1.54, 1.807) is 12.1 Å². The summed E-state index contributed by atoms with van der Waals surface area (Å²) in [6.07, 6.45) is 1.04. The number of benzene rings is 2. The topological polar surface area (TPSA) is 86.5 Å². The molecule has 4 rings (SSSR count). The van der Waals surface area contributed by atoms with Gasteiger partial charge in [-0.25, -0.2) is 0 Å². The Morgan fingerprint density at radius 2 is 1.85 bits per heavy atom. The first-order valence-corrected chi connectivity index (χ1v) is 8.61. The number of hydrogen-bond acceptors (Lipinski definition) is 5. The van der Waals surface area contributed by atoms with Crippen LogP contribution in [-0.4, -0.2) is 21.7 Å². The van der Waals surface area contributed by atoms with Crippen molar-refractivity contribution in [3.8, 4) is 11.5 Å². The molecule has 0 aliphatic carbocycles. The van der Waals surface area contributed by atoms with Gasteiger partial charge in [0, 0.05) is 29.7 Å². The molecule has 7 nitrogen and oxygen atoms in total. The smallest absolute Gasteiger partial charge is 0.274 e. The van der Waals surface area contributed by atoms with Gasteiger partial charge in [0.05, 0.1) is 11.5 Å². The highest BCUT2D eigenvalue weighted by Gasteiger charge is 2.29. The summed E-state index contributed by atoms with van der Waals surface area (Å²) in [6.45, 7) is 4.05. The van der Waals surface area contributed by atoms with Crippen molar-refractivity contribution >= 4 is 5.69 Å². The molecule has 0 spiro atoms. The Morgan fingerprint density at radius 1 is 1.12 bits per heavy atom. The third-order valence-electron chi connectivity index (χ3n) is 5.00. The van der Waals surface area contributed by atoms with Crippen molar-refractivity contribution in [2.45, 2.75) is 25.9 Å². The molecule has 0 saturated heterocycles. The molecule has 132 valence electrons. The molecule has 26 heavy (non-hydrogen) atoms. The first kappa shape index (κ1) is 16.4. The van der Waals surface area contributed by atoms with Crippen molar-refractivity contribution in [1.29, 1.82) is 0 Å². The maximum absolute atomic E-state index is 10.8. The SMILES string of the molecule is C[C@@H](c1nnc(-c2ccc([N+](=O)[O-])cc2)o1)[NH+]1CCc2ccccc2C1. The van der Waals surface area contributed by atoms with Crippen molar-refractivity contribution in [3.05, 3.63) is 75.7 Å². The standard InChI is InChI=1S/C19H18N4O3/c1-13(22-11-10-14-4-2-3-5-16(14)12-22)18-20-21-19(26-18)15-6-8-17(9-7-15)23(24)25/h2-9,13H,10-12H2,1H3/p+1/t13-/m0/s1. The molecule has 1 aliphatic rings. The summed E-state index contributed by atoms with van der Waals surface area (Å²) < 4.78 is 5.86. The van der Waals surface area contributed by atoms with E-state index in [4.69, 9.17) is 4.42 Å². The monoisotopic (exact) mass is 351 g/mol. The zero-order valence-corrected chi connectivity index (χ0v) is 14.4. The molecule has 0 fully saturated rings. The lowest BCUT2D eigenvalue weighted by Gasteiger charge is -2.28. The van der Waals surface area contributed by atoms with Crippen LogP contribution in [0.15, 0.2) is 52.9 Å². The van der Waals surface area contributed by atoms with Gasteiger partial charge in [0.15, 0.2) is 6.04 Å². The second kappa shape index (κ2) is 6.68. The van der Waals surface area contributed by atoms with Crippen LogP contribution in [0.2, 0.25) is 0 Å². The van der Waals surface area contributed by atoms with Gasteiger partial charge >= 0.3 is 0 Å². The van der Waals surface area contributed by atoms with Crippen molar-refractivity contribution < 1.29 is 14.2 Å². The van der Waals surface area contributed by atoms with Crippen LogP contribution in [0.25, 0.3) is 11.5 Å². The fourth-order valence-electron chi connectivity index (χ4n) is 3.40. The molecule has 1 N–H and O–H groups in total. The minimum absolute atomic E-state index is 0.0401. The van der Waals surface area contributed by atoms with Gasteiger partial charge in [-0.2, -0.15) is 0 Å². The zero-order valence-electron chi connectivity index (χ0n) is 14.4. The third-order valence-corrected chi connectivity index (χ3v) is 5.00. The Balaban J connectivity index is 1.52. The number of hydrogen-bond donors (Lipinski definition) is 1. The van der Waals surface area contributed by atoms with Gasteiger partial charge in [0.2, 0.25) is 5.89 Å². The molecule has 0 saturated carbocycles. The van der Waals surface area contributed by atoms with E-state index in [-0.39, 0.29) is 11.7 Å². The van der Waals surface area contributed by atoms with Crippen LogP contribution in [0.5, 0.6) is 0 Å². The van der Waals surface area contributed by atoms with E-state index in [0.29, 0.717) is 17.3 Å². The molecular weight excluding hydrogens is 332 g/mol. The van der Waals surface area contributed by atoms with Gasteiger partial charge in [0.1, 0.15) is 6.54 Å². The van der Waals surface area contributed by atoms with Crippen LogP contribution < -0.4 is 4.90 Å². The molecule has 1 aliphatic heterocycles. The fourth-order valence-corrected chi connectivity index (χ4v) is 3.40. The highest BCUT2D eigenvalue weighted by Crippen LogP contribution is 2.23. The second-order valence-electron chi connectivity index (χ2n) is 6.57. The molecule has 2 aromatic carbocycles. The molecule has 3 aromatic rings. The van der Waals surface area contributed by atoms with Crippen molar-refractivity contribution in [2.75, 3.05) is 6.54 Å². The Kier molecular flexibility index (Phi) is 4.22. The third kappa shape index (κ3) is 3.09. The predicted octanol–water partition coefficient (Wildman–Crippen LogP) is 2.35. The summed E-state index contributed by atoms with van der Waals surface area (Å²) in [5.41, 5.74) is 3.51. The molecule has 0 amide bonds. The molecule has 1 aromatic heterocycles. The minimum atomic E-state index is -0.428. The van der Waals surface area contributed by atoms with Crippen LogP contribution >= 0.6 is 0 Å². The van der Waals surface area contributed by atoms with Gasteiger partial charge < -0.3 is 9.32 Å². The van der Waals surface area contributed by atoms with E-state index in [1.165, 1.54) is 28.2 Å². The second-order valence-corrected chi connectivity index (χ2v) is 6.57. The zero-order chi connectivity index (χ0) is 18.1. The van der Waals surface area contributed by atoms with E-state index < -0.39 is 4.92 Å². The fraction of sp³-hybridized carbons (Fsp3) is 0.263. The van der Waals surface area contributed by atoms with E-state index >= 15 is 0 Å². The summed E-state index contributed by atoms with van der Waals surface area (Å²) in [5, 5.41) is 19.1. The van der Waals surface area contributed by atoms with E-state index in [9.17, 15) is 10.1 Å². The Labute approximate surface area is 150 Å². The van der Waals surface area contributed by atoms with E-state index in [0.717, 1.165) is 19.5 Å². The van der Waals surface area contributed by atoms with Gasteiger partial charge in [0.25, 0.3) is 11.6 Å². The Hall–Kier alpha value is -3.06. The maximum Gasteiger partial charge on any atom is 0.274 e. The molecule has 2 heterocycles. The lowest BCUT2D eigenvalue weighted by Crippen LogP contribution is -3.11. The van der Waals surface area contributed by atoms with E-state index in [2.05, 4.69) is 41.4 Å². The Morgan fingerprint density at radius 3 is 2.58 bits per heavy atom. The summed E-state index contributed by atoms with van der Waals surface area (Å²) in [5.74, 6) is 0.978. The number of nitrogens with one attached hydrogen (secondary N) is 1. The molecule has 7 heteroatoms. The molecular formula is C19H19N4O3+. The quantitative estimate of drug-likeness (QED) is 0.576. The first-order chi connectivity index (χ1) is 12.6. The minimum Gasteiger partial charge on any atom is -0.415 e. The van der Waals surface area contributed by atoms with Crippen molar-refractivity contribution in [2.24, 2.45) is 0 Å². The summed E-state index contributed by atoms with van der Waals surface area (Å²) in [4.78, 5) is 11.7. The number of nitrogens with zero attached hydrogens (tertiary/aromatic N) is 3.